The van der Waals surface area contributed by atoms with Crippen LogP contribution in [0.3, 0.4) is 0 Å². The maximum atomic E-state index is 11.8. The lowest BCUT2D eigenvalue weighted by atomic mass is 9.99. The molecule has 1 heterocycles. The smallest absolute Gasteiger partial charge is 0.272 e. The van der Waals surface area contributed by atoms with E-state index in [9.17, 15) is 4.79 Å². The molecule has 0 fully saturated rings. The molecule has 0 radical (unpaired) electrons. The lowest BCUT2D eigenvalue weighted by Gasteiger charge is -2.29. The third-order valence-electron chi connectivity index (χ3n) is 3.06. The maximum Gasteiger partial charge on any atom is 0.272 e. The minimum Gasteiger partial charge on any atom is -0.379 e. The fourth-order valence-electron chi connectivity index (χ4n) is 1.49. The Balaban J connectivity index is 2.92. The first kappa shape index (κ1) is 14.4. The highest BCUT2D eigenvalue weighted by molar-refractivity contribution is 5.92. The number of hydrogen-bond donors (Lipinski definition) is 2. The van der Waals surface area contributed by atoms with Gasteiger partial charge in [0.05, 0.1) is 0 Å². The third kappa shape index (κ3) is 3.43. The number of pyridine rings is 1. The molecule has 0 aliphatic carbocycles. The summed E-state index contributed by atoms with van der Waals surface area (Å²) in [5, 5.41) is 3.35. The van der Waals surface area contributed by atoms with Crippen LogP contribution in [0.1, 0.15) is 30.8 Å². The van der Waals surface area contributed by atoms with E-state index in [0.29, 0.717) is 12.2 Å². The maximum absolute atomic E-state index is 11.8. The van der Waals surface area contributed by atoms with E-state index in [2.05, 4.69) is 24.1 Å². The summed E-state index contributed by atoms with van der Waals surface area (Å²) in [5.74, 6) is -0.107. The number of carbonyl (C=O) groups is 1. The van der Waals surface area contributed by atoms with Crippen molar-refractivity contribution in [1.82, 2.24) is 9.88 Å². The molecule has 0 saturated carbocycles. The number of carbonyl (C=O) groups excluding carboxylic acids is 1. The van der Waals surface area contributed by atoms with Crippen molar-refractivity contribution in [3.05, 3.63) is 24.0 Å². The molecule has 0 aromatic carbocycles. The number of aromatic nitrogens is 1. The quantitative estimate of drug-likeness (QED) is 0.827. The Morgan fingerprint density at radius 1 is 1.56 bits per heavy atom. The molecule has 100 valence electrons. The first-order valence-corrected chi connectivity index (χ1v) is 6.08. The molecule has 1 aromatic rings. The van der Waals surface area contributed by atoms with Gasteiger partial charge in [0, 0.05) is 38.1 Å². The second kappa shape index (κ2) is 5.82. The molecule has 3 N–H and O–H groups in total. The van der Waals surface area contributed by atoms with Gasteiger partial charge in [0.25, 0.3) is 5.91 Å². The van der Waals surface area contributed by atoms with Crippen LogP contribution >= 0.6 is 0 Å². The van der Waals surface area contributed by atoms with Gasteiger partial charge >= 0.3 is 0 Å². The van der Waals surface area contributed by atoms with Crippen molar-refractivity contribution in [3.8, 4) is 0 Å². The molecule has 0 saturated heterocycles. The fraction of sp³-hybridized carbons (Fsp3) is 0.538. The van der Waals surface area contributed by atoms with E-state index in [1.165, 1.54) is 4.90 Å². The Kier molecular flexibility index (Phi) is 4.67. The largest absolute Gasteiger partial charge is 0.379 e. The summed E-state index contributed by atoms with van der Waals surface area (Å²) in [6.07, 6.45) is 2.54. The predicted molar refractivity (Wildman–Crippen MR) is 73.6 cm³/mol. The summed E-state index contributed by atoms with van der Waals surface area (Å²) in [4.78, 5) is 17.4. The van der Waals surface area contributed by atoms with Gasteiger partial charge in [0.1, 0.15) is 5.69 Å². The second-order valence-electron chi connectivity index (χ2n) is 4.87. The van der Waals surface area contributed by atoms with Gasteiger partial charge in [-0.3, -0.25) is 9.78 Å². The van der Waals surface area contributed by atoms with E-state index in [4.69, 9.17) is 5.73 Å². The fourth-order valence-corrected chi connectivity index (χ4v) is 1.49. The Hall–Kier alpha value is -1.62. The zero-order chi connectivity index (χ0) is 13.8. The van der Waals surface area contributed by atoms with Gasteiger partial charge in [-0.25, -0.2) is 0 Å². The average molecular weight is 250 g/mol. The molecule has 1 aromatic heterocycles. The van der Waals surface area contributed by atoms with Gasteiger partial charge in [-0.1, -0.05) is 6.92 Å². The molecular weight excluding hydrogens is 228 g/mol. The van der Waals surface area contributed by atoms with Gasteiger partial charge in [0.2, 0.25) is 0 Å². The van der Waals surface area contributed by atoms with Crippen LogP contribution in [0.5, 0.6) is 0 Å². The number of anilines is 1. The number of hydrogen-bond acceptors (Lipinski definition) is 4. The molecule has 5 nitrogen and oxygen atoms in total. The molecule has 0 aliphatic rings. The highest BCUT2D eigenvalue weighted by Crippen LogP contribution is 2.18. The van der Waals surface area contributed by atoms with Gasteiger partial charge in [-0.05, 0) is 25.5 Å². The van der Waals surface area contributed by atoms with Crippen LogP contribution in [-0.4, -0.2) is 42.0 Å². The van der Waals surface area contributed by atoms with Crippen molar-refractivity contribution < 1.29 is 4.79 Å². The van der Waals surface area contributed by atoms with Crippen molar-refractivity contribution in [1.29, 1.82) is 0 Å². The number of nitrogens with two attached hydrogens (primary N) is 1. The Labute approximate surface area is 108 Å². The molecular formula is C13H22N4O. The first-order valence-electron chi connectivity index (χ1n) is 6.08. The highest BCUT2D eigenvalue weighted by atomic mass is 16.2. The lowest BCUT2D eigenvalue weighted by molar-refractivity contribution is 0.0822. The van der Waals surface area contributed by atoms with Crippen LogP contribution in [0, 0.1) is 0 Å². The molecule has 18 heavy (non-hydrogen) atoms. The van der Waals surface area contributed by atoms with Gasteiger partial charge in [-0.15, -0.1) is 0 Å². The number of rotatable bonds is 5. The summed E-state index contributed by atoms with van der Waals surface area (Å²) in [7, 11) is 3.42. The van der Waals surface area contributed by atoms with Crippen LogP contribution in [0.15, 0.2) is 18.3 Å². The lowest BCUT2D eigenvalue weighted by Crippen LogP contribution is -2.41. The average Bonchev–Trinajstić information content (AvgIpc) is 2.37. The van der Waals surface area contributed by atoms with E-state index in [-0.39, 0.29) is 11.4 Å². The minimum absolute atomic E-state index is 0.107. The Bertz CT molecular complexity index is 413. The summed E-state index contributed by atoms with van der Waals surface area (Å²) in [5.41, 5.74) is 6.89. The number of nitrogens with zero attached hydrogens (tertiary/aromatic N) is 2. The van der Waals surface area contributed by atoms with Crippen LogP contribution in [0.25, 0.3) is 0 Å². The Morgan fingerprint density at radius 2 is 2.22 bits per heavy atom. The first-order chi connectivity index (χ1) is 8.41. The molecule has 0 spiro atoms. The third-order valence-corrected chi connectivity index (χ3v) is 3.06. The zero-order valence-electron chi connectivity index (χ0n) is 11.5. The van der Waals surface area contributed by atoms with E-state index in [1.54, 1.807) is 26.4 Å². The molecule has 0 aliphatic heterocycles. The summed E-state index contributed by atoms with van der Waals surface area (Å²) < 4.78 is 0. The monoisotopic (exact) mass is 250 g/mol. The highest BCUT2D eigenvalue weighted by Gasteiger charge is 2.20. The van der Waals surface area contributed by atoms with Crippen LogP contribution < -0.4 is 11.1 Å². The van der Waals surface area contributed by atoms with Gasteiger partial charge in [-0.2, -0.15) is 0 Å². The van der Waals surface area contributed by atoms with Crippen molar-refractivity contribution in [3.63, 3.8) is 0 Å². The normalized spacial score (nSPS) is 13.8. The summed E-state index contributed by atoms with van der Waals surface area (Å²) >= 11 is 0. The van der Waals surface area contributed by atoms with Crippen LogP contribution in [0.2, 0.25) is 0 Å². The number of nitrogens with one attached hydrogen (secondary N) is 1. The Morgan fingerprint density at radius 3 is 2.72 bits per heavy atom. The summed E-state index contributed by atoms with van der Waals surface area (Å²) in [6.45, 7) is 4.66. The van der Waals surface area contributed by atoms with Crippen molar-refractivity contribution in [2.45, 2.75) is 25.8 Å². The summed E-state index contributed by atoms with van der Waals surface area (Å²) in [6, 6.07) is 3.60. The zero-order valence-corrected chi connectivity index (χ0v) is 11.5. The molecule has 1 atom stereocenters. The second-order valence-corrected chi connectivity index (χ2v) is 4.87. The van der Waals surface area contributed by atoms with E-state index in [0.717, 1.165) is 12.1 Å². The minimum atomic E-state index is -0.167. The molecule has 1 rings (SSSR count). The van der Waals surface area contributed by atoms with E-state index in [1.807, 2.05) is 6.07 Å². The molecule has 5 heteroatoms. The van der Waals surface area contributed by atoms with Gasteiger partial charge < -0.3 is 16.0 Å². The number of amides is 1. The molecule has 1 unspecified atom stereocenters. The van der Waals surface area contributed by atoms with Crippen molar-refractivity contribution in [2.24, 2.45) is 5.73 Å². The van der Waals surface area contributed by atoms with E-state index >= 15 is 0 Å². The van der Waals surface area contributed by atoms with E-state index < -0.39 is 0 Å². The topological polar surface area (TPSA) is 71.2 Å². The van der Waals surface area contributed by atoms with Gasteiger partial charge in [0.15, 0.2) is 0 Å². The SMILES string of the molecule is CCC(C)(CN)Nc1ccnc(C(=O)N(C)C)c1. The standard InChI is InChI=1S/C13H22N4O/c1-5-13(2,9-14)16-10-6-7-15-11(8-10)12(18)17(3)4/h6-8H,5,9,14H2,1-4H3,(H,15,16). The van der Waals surface area contributed by atoms with Crippen molar-refractivity contribution in [2.75, 3.05) is 26.0 Å². The predicted octanol–water partition coefficient (Wildman–Crippen LogP) is 1.32. The van der Waals surface area contributed by atoms with Crippen LogP contribution in [0.4, 0.5) is 5.69 Å². The van der Waals surface area contributed by atoms with Crippen LogP contribution in [-0.2, 0) is 0 Å². The van der Waals surface area contributed by atoms with Crippen molar-refractivity contribution >= 4 is 11.6 Å². The molecule has 1 amide bonds. The molecule has 0 bridgehead atoms.